The van der Waals surface area contributed by atoms with Crippen LogP contribution in [0, 0.1) is 6.92 Å². The molecule has 0 amide bonds. The summed E-state index contributed by atoms with van der Waals surface area (Å²) in [6.07, 6.45) is 0. The number of thiophene rings is 1. The van der Waals surface area contributed by atoms with E-state index in [2.05, 4.69) is 0 Å². The minimum Gasteiger partial charge on any atom is -0.507 e. The third-order valence-corrected chi connectivity index (χ3v) is 5.05. The summed E-state index contributed by atoms with van der Waals surface area (Å²) in [7, 11) is 1.56. The van der Waals surface area contributed by atoms with Gasteiger partial charge in [0.25, 0.3) is 0 Å². The van der Waals surface area contributed by atoms with Gasteiger partial charge in [-0.2, -0.15) is 0 Å². The highest BCUT2D eigenvalue weighted by atomic mass is 32.1. The van der Waals surface area contributed by atoms with Crippen LogP contribution >= 0.6 is 11.3 Å². The number of hydrogen-bond donors (Lipinski definition) is 1. The van der Waals surface area contributed by atoms with Gasteiger partial charge in [0.2, 0.25) is 5.78 Å². The molecule has 104 valence electrons. The third kappa shape index (κ3) is 1.45. The molecule has 3 nitrogen and oxygen atoms in total. The number of benzene rings is 2. The Bertz CT molecular complexity index is 921. The lowest BCUT2D eigenvalue weighted by atomic mass is 9.84. The molecule has 0 fully saturated rings. The minimum atomic E-state index is -0.171. The van der Waals surface area contributed by atoms with Crippen molar-refractivity contribution in [1.82, 2.24) is 0 Å². The van der Waals surface area contributed by atoms with E-state index in [1.807, 2.05) is 25.1 Å². The zero-order valence-corrected chi connectivity index (χ0v) is 12.4. The lowest BCUT2D eigenvalue weighted by Gasteiger charge is -2.19. The number of ether oxygens (including phenoxy) is 1. The SMILES string of the molecule is COc1ccc2sc(C)c3c2c1C(=O)c1c(O)cccc1-3. The molecule has 1 heterocycles. The normalized spacial score (nSPS) is 12.6. The van der Waals surface area contributed by atoms with Crippen molar-refractivity contribution in [2.45, 2.75) is 6.92 Å². The molecule has 1 aromatic heterocycles. The fourth-order valence-electron chi connectivity index (χ4n) is 3.12. The average molecular weight is 296 g/mol. The van der Waals surface area contributed by atoms with Gasteiger partial charge in [-0.1, -0.05) is 12.1 Å². The van der Waals surface area contributed by atoms with Crippen LogP contribution in [0.1, 0.15) is 20.8 Å². The number of rotatable bonds is 1. The van der Waals surface area contributed by atoms with Crippen LogP contribution in [0.2, 0.25) is 0 Å². The standard InChI is InChI=1S/C17H12O3S/c1-8-13-9-4-3-5-10(18)14(9)17(19)15-11(20-2)6-7-12(21-8)16(13)15/h3-7,18H,1-2H3. The van der Waals surface area contributed by atoms with E-state index in [0.29, 0.717) is 16.9 Å². The Morgan fingerprint density at radius 1 is 1.10 bits per heavy atom. The van der Waals surface area contributed by atoms with Crippen LogP contribution in [0.25, 0.3) is 21.2 Å². The van der Waals surface area contributed by atoms with Gasteiger partial charge in [0.15, 0.2) is 0 Å². The number of phenolic OH excluding ortho intramolecular Hbond substituents is 1. The molecule has 3 aromatic rings. The van der Waals surface area contributed by atoms with Crippen molar-refractivity contribution in [1.29, 1.82) is 0 Å². The molecule has 0 bridgehead atoms. The molecule has 0 unspecified atom stereocenters. The van der Waals surface area contributed by atoms with Crippen LogP contribution in [-0.2, 0) is 0 Å². The van der Waals surface area contributed by atoms with Crippen molar-refractivity contribution in [2.75, 3.05) is 7.11 Å². The lowest BCUT2D eigenvalue weighted by Crippen LogP contribution is -2.11. The highest BCUT2D eigenvalue weighted by Crippen LogP contribution is 2.49. The molecule has 1 aliphatic rings. The molecule has 0 atom stereocenters. The van der Waals surface area contributed by atoms with E-state index in [-0.39, 0.29) is 11.5 Å². The van der Waals surface area contributed by atoms with Crippen LogP contribution in [0.5, 0.6) is 11.5 Å². The fourth-order valence-corrected chi connectivity index (χ4v) is 4.21. The summed E-state index contributed by atoms with van der Waals surface area (Å²) in [5.41, 5.74) is 2.78. The van der Waals surface area contributed by atoms with Crippen molar-refractivity contribution < 1.29 is 14.6 Å². The van der Waals surface area contributed by atoms with Crippen LogP contribution in [0.4, 0.5) is 0 Å². The maximum atomic E-state index is 12.9. The summed E-state index contributed by atoms with van der Waals surface area (Å²) in [5.74, 6) is 0.407. The number of carbonyl (C=O) groups is 1. The summed E-state index contributed by atoms with van der Waals surface area (Å²) < 4.78 is 6.44. The molecule has 0 radical (unpaired) electrons. The molecule has 4 heteroatoms. The van der Waals surface area contributed by atoms with Crippen LogP contribution in [0.15, 0.2) is 30.3 Å². The minimum absolute atomic E-state index is 0.0211. The largest absolute Gasteiger partial charge is 0.507 e. The highest BCUT2D eigenvalue weighted by Gasteiger charge is 2.32. The summed E-state index contributed by atoms with van der Waals surface area (Å²) >= 11 is 1.66. The topological polar surface area (TPSA) is 46.5 Å². The van der Waals surface area contributed by atoms with Crippen molar-refractivity contribution in [3.63, 3.8) is 0 Å². The summed E-state index contributed by atoms with van der Waals surface area (Å²) in [5, 5.41) is 11.1. The van der Waals surface area contributed by atoms with Gasteiger partial charge in [-0.05, 0) is 30.7 Å². The Kier molecular flexibility index (Phi) is 2.41. The molecule has 0 saturated heterocycles. The van der Waals surface area contributed by atoms with Crippen molar-refractivity contribution in [3.8, 4) is 22.6 Å². The first-order valence-corrected chi connectivity index (χ1v) is 7.42. The third-order valence-electron chi connectivity index (χ3n) is 3.98. The van der Waals surface area contributed by atoms with Gasteiger partial charge in [0.05, 0.1) is 18.2 Å². The molecule has 1 N–H and O–H groups in total. The molecule has 4 rings (SSSR count). The molecule has 0 spiro atoms. The first kappa shape index (κ1) is 12.4. The number of phenols is 1. The van der Waals surface area contributed by atoms with Gasteiger partial charge < -0.3 is 9.84 Å². The Morgan fingerprint density at radius 3 is 2.67 bits per heavy atom. The predicted octanol–water partition coefficient (Wildman–Crippen LogP) is 4.14. The number of fused-ring (bicyclic) bond motifs is 2. The number of hydrogen-bond acceptors (Lipinski definition) is 4. The fraction of sp³-hybridized carbons (Fsp3) is 0.118. The molecule has 1 aliphatic carbocycles. The maximum absolute atomic E-state index is 12.9. The van der Waals surface area contributed by atoms with Crippen molar-refractivity contribution in [2.24, 2.45) is 0 Å². The molecule has 0 aliphatic heterocycles. The van der Waals surface area contributed by atoms with Gasteiger partial charge in [-0.15, -0.1) is 11.3 Å². The Morgan fingerprint density at radius 2 is 1.90 bits per heavy atom. The van der Waals surface area contributed by atoms with Gasteiger partial charge in [-0.3, -0.25) is 4.79 Å². The second-order valence-electron chi connectivity index (χ2n) is 5.08. The first-order chi connectivity index (χ1) is 10.1. The molecule has 21 heavy (non-hydrogen) atoms. The van der Waals surface area contributed by atoms with E-state index in [1.54, 1.807) is 30.6 Å². The number of methoxy groups -OCH3 is 1. The molecule has 2 aromatic carbocycles. The van der Waals surface area contributed by atoms with Gasteiger partial charge in [0, 0.05) is 20.5 Å². The summed E-state index contributed by atoms with van der Waals surface area (Å²) in [6, 6.07) is 9.02. The van der Waals surface area contributed by atoms with E-state index in [1.165, 1.54) is 0 Å². The number of aryl methyl sites for hydroxylation is 1. The van der Waals surface area contributed by atoms with Gasteiger partial charge in [-0.25, -0.2) is 0 Å². The van der Waals surface area contributed by atoms with Crippen molar-refractivity contribution >= 4 is 27.2 Å². The summed E-state index contributed by atoms with van der Waals surface area (Å²) in [6.45, 7) is 2.04. The second kappa shape index (κ2) is 4.09. The van der Waals surface area contributed by atoms with E-state index in [0.717, 1.165) is 26.1 Å². The molecule has 0 saturated carbocycles. The monoisotopic (exact) mass is 296 g/mol. The van der Waals surface area contributed by atoms with Crippen LogP contribution < -0.4 is 4.74 Å². The maximum Gasteiger partial charge on any atom is 0.201 e. The van der Waals surface area contributed by atoms with E-state index >= 15 is 0 Å². The van der Waals surface area contributed by atoms with E-state index in [9.17, 15) is 9.90 Å². The zero-order chi connectivity index (χ0) is 14.7. The van der Waals surface area contributed by atoms with Gasteiger partial charge in [0.1, 0.15) is 11.5 Å². The Balaban J connectivity index is 2.27. The van der Waals surface area contributed by atoms with E-state index < -0.39 is 0 Å². The van der Waals surface area contributed by atoms with Crippen LogP contribution in [-0.4, -0.2) is 18.0 Å². The number of carbonyl (C=O) groups excluding carboxylic acids is 1. The van der Waals surface area contributed by atoms with E-state index in [4.69, 9.17) is 4.74 Å². The lowest BCUT2D eigenvalue weighted by molar-refractivity contribution is 0.103. The average Bonchev–Trinajstić information content (AvgIpc) is 2.81. The second-order valence-corrected chi connectivity index (χ2v) is 6.33. The Labute approximate surface area is 125 Å². The Hall–Kier alpha value is -2.33. The molecular weight excluding hydrogens is 284 g/mol. The van der Waals surface area contributed by atoms with Crippen LogP contribution in [0.3, 0.4) is 0 Å². The number of aromatic hydroxyl groups is 1. The highest BCUT2D eigenvalue weighted by molar-refractivity contribution is 7.19. The molecular formula is C17H12O3S. The van der Waals surface area contributed by atoms with Crippen molar-refractivity contribution in [3.05, 3.63) is 46.3 Å². The first-order valence-electron chi connectivity index (χ1n) is 6.60. The summed E-state index contributed by atoms with van der Waals surface area (Å²) in [4.78, 5) is 14.0. The quantitative estimate of drug-likeness (QED) is 0.574. The smallest absolute Gasteiger partial charge is 0.201 e. The van der Waals surface area contributed by atoms with Gasteiger partial charge >= 0.3 is 0 Å². The zero-order valence-electron chi connectivity index (χ0n) is 11.6. The predicted molar refractivity (Wildman–Crippen MR) is 83.6 cm³/mol. The number of ketones is 1.